The molecule has 128 valence electrons. The Hall–Kier alpha value is -2.31. The van der Waals surface area contributed by atoms with Gasteiger partial charge in [0.05, 0.1) is 29.8 Å². The zero-order valence-corrected chi connectivity index (χ0v) is 13.5. The smallest absolute Gasteiger partial charge is 0.169 e. The summed E-state index contributed by atoms with van der Waals surface area (Å²) >= 11 is 0. The number of aliphatic hydroxyl groups is 2. The minimum atomic E-state index is -1.35. The van der Waals surface area contributed by atoms with Crippen LogP contribution in [-0.4, -0.2) is 45.0 Å². The van der Waals surface area contributed by atoms with Gasteiger partial charge in [0, 0.05) is 25.3 Å². The van der Waals surface area contributed by atoms with Crippen LogP contribution in [0.25, 0.3) is 10.8 Å². The number of ether oxygens (including phenoxy) is 1. The third kappa shape index (κ3) is 2.68. The van der Waals surface area contributed by atoms with Gasteiger partial charge < -0.3 is 25.2 Å². The normalized spacial score (nSPS) is 21.6. The highest BCUT2D eigenvalue weighted by Crippen LogP contribution is 2.44. The van der Waals surface area contributed by atoms with E-state index in [0.717, 1.165) is 0 Å². The van der Waals surface area contributed by atoms with Crippen LogP contribution in [0.1, 0.15) is 35.7 Å². The van der Waals surface area contributed by atoms with Gasteiger partial charge in [-0.3, -0.25) is 4.79 Å². The summed E-state index contributed by atoms with van der Waals surface area (Å²) in [6.45, 7) is 1.55. The van der Waals surface area contributed by atoms with E-state index in [0.29, 0.717) is 16.7 Å². The molecular formula is C18H20O6. The molecule has 1 aliphatic rings. The maximum Gasteiger partial charge on any atom is 0.169 e. The lowest BCUT2D eigenvalue weighted by atomic mass is 9.76. The Morgan fingerprint density at radius 3 is 2.58 bits per heavy atom. The molecule has 6 nitrogen and oxygen atoms in total. The molecule has 2 atom stereocenters. The second-order valence-corrected chi connectivity index (χ2v) is 6.56. The maximum absolute atomic E-state index is 12.5. The fourth-order valence-electron chi connectivity index (χ4n) is 3.60. The van der Waals surface area contributed by atoms with Crippen molar-refractivity contribution in [3.05, 3.63) is 29.3 Å². The fourth-order valence-corrected chi connectivity index (χ4v) is 3.60. The van der Waals surface area contributed by atoms with Gasteiger partial charge in [0.2, 0.25) is 0 Å². The van der Waals surface area contributed by atoms with Gasteiger partial charge in [0.15, 0.2) is 5.78 Å². The Kier molecular flexibility index (Phi) is 3.89. The Labute approximate surface area is 138 Å². The quantitative estimate of drug-likeness (QED) is 0.684. The van der Waals surface area contributed by atoms with Gasteiger partial charge >= 0.3 is 0 Å². The van der Waals surface area contributed by atoms with E-state index in [4.69, 9.17) is 4.74 Å². The fraction of sp³-hybridized carbons (Fsp3) is 0.389. The molecule has 0 amide bonds. The minimum Gasteiger partial charge on any atom is -0.507 e. The molecule has 0 fully saturated rings. The van der Waals surface area contributed by atoms with Crippen molar-refractivity contribution in [1.29, 1.82) is 0 Å². The van der Waals surface area contributed by atoms with E-state index in [1.54, 1.807) is 19.1 Å². The Bertz CT molecular complexity index is 826. The number of hydrogen-bond acceptors (Lipinski definition) is 6. The van der Waals surface area contributed by atoms with Gasteiger partial charge in [-0.15, -0.1) is 0 Å². The number of carbonyl (C=O) groups excluding carboxylic acids is 1. The predicted octanol–water partition coefficient (Wildman–Crippen LogP) is 1.89. The number of ketones is 1. The lowest BCUT2D eigenvalue weighted by Crippen LogP contribution is -2.41. The number of rotatable bonds is 3. The molecule has 0 saturated heterocycles. The third-order valence-corrected chi connectivity index (χ3v) is 4.45. The number of hydrogen-bond donors (Lipinski definition) is 4. The molecule has 0 saturated carbocycles. The molecule has 6 heteroatoms. The molecule has 0 spiro atoms. The topological polar surface area (TPSA) is 107 Å². The second kappa shape index (κ2) is 5.65. The van der Waals surface area contributed by atoms with E-state index < -0.39 is 17.5 Å². The average Bonchev–Trinajstić information content (AvgIpc) is 2.43. The van der Waals surface area contributed by atoms with Crippen molar-refractivity contribution in [3.63, 3.8) is 0 Å². The van der Waals surface area contributed by atoms with Crippen LogP contribution >= 0.6 is 0 Å². The van der Waals surface area contributed by atoms with Crippen molar-refractivity contribution in [2.45, 2.75) is 37.9 Å². The molecule has 0 bridgehead atoms. The number of methoxy groups -OCH3 is 1. The zero-order valence-electron chi connectivity index (χ0n) is 13.5. The molecule has 0 radical (unpaired) electrons. The van der Waals surface area contributed by atoms with E-state index in [9.17, 15) is 25.2 Å². The summed E-state index contributed by atoms with van der Waals surface area (Å²) in [5.74, 6) is -0.455. The van der Waals surface area contributed by atoms with Crippen LogP contribution in [0.15, 0.2) is 18.2 Å². The number of fused-ring (bicyclic) bond motifs is 2. The Morgan fingerprint density at radius 1 is 1.25 bits per heavy atom. The second-order valence-electron chi connectivity index (χ2n) is 6.56. The summed E-state index contributed by atoms with van der Waals surface area (Å²) in [5.41, 5.74) is -0.732. The van der Waals surface area contributed by atoms with Gasteiger partial charge in [0.1, 0.15) is 17.2 Å². The highest BCUT2D eigenvalue weighted by Gasteiger charge is 2.39. The van der Waals surface area contributed by atoms with Gasteiger partial charge in [-0.25, -0.2) is 0 Å². The lowest BCUT2D eigenvalue weighted by molar-refractivity contribution is -0.0113. The first kappa shape index (κ1) is 16.5. The van der Waals surface area contributed by atoms with Crippen LogP contribution in [0.2, 0.25) is 0 Å². The number of benzene rings is 2. The molecule has 3 rings (SSSR count). The van der Waals surface area contributed by atoms with Crippen molar-refractivity contribution >= 4 is 16.6 Å². The van der Waals surface area contributed by atoms with Crippen LogP contribution in [0, 0.1) is 0 Å². The first-order chi connectivity index (χ1) is 11.2. The Balaban J connectivity index is 2.20. The molecule has 0 aliphatic heterocycles. The summed E-state index contributed by atoms with van der Waals surface area (Å²) in [6, 6.07) is 4.67. The van der Waals surface area contributed by atoms with Crippen LogP contribution in [0.5, 0.6) is 17.2 Å². The summed E-state index contributed by atoms with van der Waals surface area (Å²) in [4.78, 5) is 12.5. The monoisotopic (exact) mass is 332 g/mol. The van der Waals surface area contributed by atoms with E-state index in [1.165, 1.54) is 13.2 Å². The standard InChI is InChI=1S/C18H20O6/c1-9(19)6-18(23)7-11-3-10-4-12(24-2)5-13(20)15(10)17(22)16(11)14(21)8-18/h3-5,9,19-20,22-23H,6-8H2,1-2H3/t9-,18+/m0/s1. The Morgan fingerprint density at radius 2 is 1.96 bits per heavy atom. The van der Waals surface area contributed by atoms with Gasteiger partial charge in [-0.2, -0.15) is 0 Å². The van der Waals surface area contributed by atoms with E-state index >= 15 is 0 Å². The highest BCUT2D eigenvalue weighted by atomic mass is 16.5. The molecule has 0 aromatic heterocycles. The van der Waals surface area contributed by atoms with Crippen molar-refractivity contribution in [2.24, 2.45) is 0 Å². The first-order valence-electron chi connectivity index (χ1n) is 7.73. The molecule has 0 unspecified atom stereocenters. The van der Waals surface area contributed by atoms with Crippen molar-refractivity contribution in [3.8, 4) is 17.2 Å². The van der Waals surface area contributed by atoms with Crippen LogP contribution in [-0.2, 0) is 6.42 Å². The maximum atomic E-state index is 12.5. The summed E-state index contributed by atoms with van der Waals surface area (Å²) in [5, 5.41) is 41.6. The number of aliphatic hydroxyl groups excluding tert-OH is 1. The number of aromatic hydroxyl groups is 2. The molecule has 2 aromatic rings. The summed E-state index contributed by atoms with van der Waals surface area (Å²) < 4.78 is 5.11. The third-order valence-electron chi connectivity index (χ3n) is 4.45. The van der Waals surface area contributed by atoms with E-state index in [1.807, 2.05) is 0 Å². The van der Waals surface area contributed by atoms with Crippen LogP contribution in [0.3, 0.4) is 0 Å². The molecule has 24 heavy (non-hydrogen) atoms. The van der Waals surface area contributed by atoms with Gasteiger partial charge in [0.25, 0.3) is 0 Å². The lowest BCUT2D eigenvalue weighted by Gasteiger charge is -2.34. The summed E-state index contributed by atoms with van der Waals surface area (Å²) in [7, 11) is 1.46. The average molecular weight is 332 g/mol. The first-order valence-corrected chi connectivity index (χ1v) is 7.73. The van der Waals surface area contributed by atoms with Gasteiger partial charge in [-0.05, 0) is 30.0 Å². The van der Waals surface area contributed by atoms with Crippen molar-refractivity contribution < 1.29 is 30.0 Å². The van der Waals surface area contributed by atoms with Gasteiger partial charge in [-0.1, -0.05) is 0 Å². The molecule has 0 heterocycles. The number of carbonyl (C=O) groups is 1. The molecule has 2 aromatic carbocycles. The molecule has 1 aliphatic carbocycles. The summed E-state index contributed by atoms with van der Waals surface area (Å²) in [6.07, 6.45) is -0.718. The molecule has 4 N–H and O–H groups in total. The highest BCUT2D eigenvalue weighted by molar-refractivity contribution is 6.09. The SMILES string of the molecule is COc1cc(O)c2c(O)c3c(cc2c1)C[C@](O)(C[C@H](C)O)CC3=O. The predicted molar refractivity (Wildman–Crippen MR) is 87.7 cm³/mol. The van der Waals surface area contributed by atoms with Crippen molar-refractivity contribution in [1.82, 2.24) is 0 Å². The van der Waals surface area contributed by atoms with Crippen LogP contribution in [0.4, 0.5) is 0 Å². The number of phenolic OH excluding ortho intramolecular Hbond substituents is 2. The number of Topliss-reactive ketones (excluding diaryl/α,β-unsaturated/α-hetero) is 1. The largest absolute Gasteiger partial charge is 0.507 e. The zero-order chi connectivity index (χ0) is 17.6. The number of phenols is 2. The van der Waals surface area contributed by atoms with Crippen LogP contribution < -0.4 is 4.74 Å². The minimum absolute atomic E-state index is 0.0698. The van der Waals surface area contributed by atoms with E-state index in [-0.39, 0.29) is 41.7 Å². The van der Waals surface area contributed by atoms with E-state index in [2.05, 4.69) is 0 Å². The van der Waals surface area contributed by atoms with Crippen molar-refractivity contribution in [2.75, 3.05) is 7.11 Å². The molecular weight excluding hydrogens is 312 g/mol.